The van der Waals surface area contributed by atoms with Crippen molar-refractivity contribution >= 4 is 17.4 Å². The van der Waals surface area contributed by atoms with Crippen LogP contribution in [0, 0.1) is 0 Å². The minimum absolute atomic E-state index is 0.191. The Morgan fingerprint density at radius 1 is 1.29 bits per heavy atom. The Labute approximate surface area is 107 Å². The molecular weight excluding hydrogens is 234 g/mol. The molecule has 1 aromatic rings. The molecule has 0 amide bonds. The van der Waals surface area contributed by atoms with Crippen LogP contribution >= 0.6 is 11.6 Å². The highest BCUT2D eigenvalue weighted by atomic mass is 35.5. The molecule has 1 aromatic carbocycles. The van der Waals surface area contributed by atoms with Gasteiger partial charge in [-0.3, -0.25) is 0 Å². The van der Waals surface area contributed by atoms with Crippen molar-refractivity contribution in [3.63, 3.8) is 0 Å². The summed E-state index contributed by atoms with van der Waals surface area (Å²) in [5, 5.41) is 2.58. The van der Waals surface area contributed by atoms with Gasteiger partial charge in [-0.25, -0.2) is 0 Å². The standard InChI is InChI=1S/C14H16ClNO/c1-4-9-14(2)10-13(17-16(14)3)11-5-7-12(15)8-6-11/h4-10H,1-3H3. The van der Waals surface area contributed by atoms with Crippen molar-refractivity contribution in [1.82, 2.24) is 5.06 Å². The minimum Gasteiger partial charge on any atom is -0.405 e. The molecule has 1 atom stereocenters. The molecule has 0 spiro atoms. The van der Waals surface area contributed by atoms with Crippen LogP contribution in [0.25, 0.3) is 5.76 Å². The molecule has 1 aliphatic heterocycles. The summed E-state index contributed by atoms with van der Waals surface area (Å²) in [4.78, 5) is 5.76. The van der Waals surface area contributed by atoms with E-state index in [9.17, 15) is 0 Å². The largest absolute Gasteiger partial charge is 0.405 e. The van der Waals surface area contributed by atoms with E-state index in [0.717, 1.165) is 16.3 Å². The number of nitrogens with zero attached hydrogens (tertiary/aromatic N) is 1. The molecule has 1 heterocycles. The van der Waals surface area contributed by atoms with Crippen molar-refractivity contribution < 1.29 is 4.84 Å². The first-order valence-electron chi connectivity index (χ1n) is 5.59. The number of benzene rings is 1. The van der Waals surface area contributed by atoms with Gasteiger partial charge in [-0.15, -0.1) is 5.06 Å². The van der Waals surface area contributed by atoms with Gasteiger partial charge in [0.15, 0.2) is 5.76 Å². The van der Waals surface area contributed by atoms with Crippen molar-refractivity contribution in [2.24, 2.45) is 0 Å². The number of likely N-dealkylation sites (N-methyl/N-ethyl adjacent to an activating group) is 1. The zero-order chi connectivity index (χ0) is 12.5. The molecule has 1 unspecified atom stereocenters. The molecule has 17 heavy (non-hydrogen) atoms. The maximum Gasteiger partial charge on any atom is 0.153 e. The zero-order valence-corrected chi connectivity index (χ0v) is 11.0. The van der Waals surface area contributed by atoms with Crippen LogP contribution in [0.5, 0.6) is 0 Å². The van der Waals surface area contributed by atoms with E-state index < -0.39 is 0 Å². The van der Waals surface area contributed by atoms with E-state index in [-0.39, 0.29) is 5.54 Å². The summed E-state index contributed by atoms with van der Waals surface area (Å²) in [7, 11) is 1.93. The Bertz CT molecular complexity index is 464. The lowest BCUT2D eigenvalue weighted by molar-refractivity contribution is -0.0855. The summed E-state index contributed by atoms with van der Waals surface area (Å²) in [5.41, 5.74) is 0.846. The molecule has 3 heteroatoms. The predicted octanol–water partition coefficient (Wildman–Crippen LogP) is 3.89. The number of rotatable bonds is 2. The summed E-state index contributed by atoms with van der Waals surface area (Å²) in [5.74, 6) is 0.866. The van der Waals surface area contributed by atoms with E-state index >= 15 is 0 Å². The van der Waals surface area contributed by atoms with Gasteiger partial charge in [0.2, 0.25) is 0 Å². The fourth-order valence-corrected chi connectivity index (χ4v) is 2.00. The normalized spacial score (nSPS) is 25.1. The number of allylic oxidation sites excluding steroid dienone is 1. The molecule has 0 N–H and O–H groups in total. The fourth-order valence-electron chi connectivity index (χ4n) is 1.87. The molecule has 0 bridgehead atoms. The lowest BCUT2D eigenvalue weighted by Gasteiger charge is -2.25. The highest BCUT2D eigenvalue weighted by Gasteiger charge is 2.33. The van der Waals surface area contributed by atoms with Gasteiger partial charge in [0.25, 0.3) is 0 Å². The van der Waals surface area contributed by atoms with Crippen LogP contribution in [0.2, 0.25) is 5.02 Å². The van der Waals surface area contributed by atoms with E-state index in [2.05, 4.69) is 19.1 Å². The Hall–Kier alpha value is -1.25. The number of hydrogen-bond donors (Lipinski definition) is 0. The van der Waals surface area contributed by atoms with Crippen LogP contribution in [-0.2, 0) is 4.84 Å². The average molecular weight is 250 g/mol. The first-order chi connectivity index (χ1) is 8.05. The van der Waals surface area contributed by atoms with Crippen LogP contribution in [-0.4, -0.2) is 17.6 Å². The summed E-state index contributed by atoms with van der Waals surface area (Å²) in [6.07, 6.45) is 6.24. The number of hydrogen-bond acceptors (Lipinski definition) is 2. The van der Waals surface area contributed by atoms with Crippen LogP contribution in [0.1, 0.15) is 19.4 Å². The smallest absolute Gasteiger partial charge is 0.153 e. The minimum atomic E-state index is -0.191. The van der Waals surface area contributed by atoms with Gasteiger partial charge in [-0.05, 0) is 44.2 Å². The predicted molar refractivity (Wildman–Crippen MR) is 71.5 cm³/mol. The van der Waals surface area contributed by atoms with Gasteiger partial charge < -0.3 is 4.84 Å². The number of halogens is 1. The van der Waals surface area contributed by atoms with Crippen molar-refractivity contribution in [3.8, 4) is 0 Å². The lowest BCUT2D eigenvalue weighted by Crippen LogP contribution is -2.35. The molecule has 0 saturated carbocycles. The van der Waals surface area contributed by atoms with Crippen molar-refractivity contribution in [1.29, 1.82) is 0 Å². The second kappa shape index (κ2) is 4.55. The highest BCUT2D eigenvalue weighted by molar-refractivity contribution is 6.30. The van der Waals surface area contributed by atoms with Gasteiger partial charge in [-0.1, -0.05) is 23.8 Å². The summed E-state index contributed by atoms with van der Waals surface area (Å²) >= 11 is 5.87. The topological polar surface area (TPSA) is 12.5 Å². The van der Waals surface area contributed by atoms with Crippen LogP contribution in [0.3, 0.4) is 0 Å². The first-order valence-corrected chi connectivity index (χ1v) is 5.97. The Balaban J connectivity index is 2.33. The summed E-state index contributed by atoms with van der Waals surface area (Å²) in [6.45, 7) is 4.11. The Morgan fingerprint density at radius 3 is 2.53 bits per heavy atom. The van der Waals surface area contributed by atoms with Crippen molar-refractivity contribution in [2.75, 3.05) is 7.05 Å². The summed E-state index contributed by atoms with van der Waals surface area (Å²) in [6, 6.07) is 7.66. The van der Waals surface area contributed by atoms with Gasteiger partial charge >= 0.3 is 0 Å². The quantitative estimate of drug-likeness (QED) is 0.738. The van der Waals surface area contributed by atoms with Crippen LogP contribution in [0.15, 0.2) is 42.5 Å². The third-order valence-electron chi connectivity index (χ3n) is 2.97. The van der Waals surface area contributed by atoms with E-state index in [1.165, 1.54) is 0 Å². The maximum atomic E-state index is 5.87. The van der Waals surface area contributed by atoms with Gasteiger partial charge in [0, 0.05) is 17.6 Å². The monoisotopic (exact) mass is 249 g/mol. The molecule has 0 aromatic heterocycles. The van der Waals surface area contributed by atoms with Crippen molar-refractivity contribution in [2.45, 2.75) is 19.4 Å². The van der Waals surface area contributed by atoms with Crippen LogP contribution in [0.4, 0.5) is 0 Å². The molecular formula is C14H16ClNO. The van der Waals surface area contributed by atoms with E-state index in [1.807, 2.05) is 49.4 Å². The fraction of sp³-hybridized carbons (Fsp3) is 0.286. The Kier molecular flexibility index (Phi) is 3.27. The molecule has 0 fully saturated rings. The highest BCUT2D eigenvalue weighted by Crippen LogP contribution is 2.33. The zero-order valence-electron chi connectivity index (χ0n) is 10.3. The van der Waals surface area contributed by atoms with E-state index in [1.54, 1.807) is 0 Å². The second-order valence-corrected chi connectivity index (χ2v) is 4.77. The lowest BCUT2D eigenvalue weighted by atomic mass is 10.00. The van der Waals surface area contributed by atoms with Crippen LogP contribution < -0.4 is 0 Å². The van der Waals surface area contributed by atoms with E-state index in [4.69, 9.17) is 16.4 Å². The van der Waals surface area contributed by atoms with E-state index in [0.29, 0.717) is 0 Å². The average Bonchev–Trinajstić information content (AvgIpc) is 2.57. The molecule has 2 rings (SSSR count). The second-order valence-electron chi connectivity index (χ2n) is 4.33. The molecule has 0 radical (unpaired) electrons. The molecule has 0 aliphatic carbocycles. The number of hydroxylamine groups is 2. The molecule has 2 nitrogen and oxygen atoms in total. The van der Waals surface area contributed by atoms with Gasteiger partial charge in [-0.2, -0.15) is 0 Å². The third-order valence-corrected chi connectivity index (χ3v) is 3.22. The molecule has 1 aliphatic rings. The molecule has 90 valence electrons. The van der Waals surface area contributed by atoms with Gasteiger partial charge in [0.05, 0.1) is 5.54 Å². The van der Waals surface area contributed by atoms with Crippen molar-refractivity contribution in [3.05, 3.63) is 53.1 Å². The summed E-state index contributed by atoms with van der Waals surface area (Å²) < 4.78 is 0. The third kappa shape index (κ3) is 2.38. The Morgan fingerprint density at radius 2 is 1.94 bits per heavy atom. The van der Waals surface area contributed by atoms with Gasteiger partial charge in [0.1, 0.15) is 0 Å². The maximum absolute atomic E-state index is 5.87. The first kappa shape index (κ1) is 12.2. The SMILES string of the molecule is CC=CC1(C)C=C(c2ccc(Cl)cc2)ON1C. The molecule has 0 saturated heterocycles.